The average molecular weight is 289 g/mol. The van der Waals surface area contributed by atoms with Crippen LogP contribution in [0.25, 0.3) is 10.2 Å². The molecule has 0 saturated carbocycles. The monoisotopic (exact) mass is 289 g/mol. The van der Waals surface area contributed by atoms with Crippen LogP contribution in [0.15, 0.2) is 24.3 Å². The molecule has 1 aliphatic heterocycles. The number of likely N-dealkylation sites (tertiary alicyclic amines) is 1. The highest BCUT2D eigenvalue weighted by Gasteiger charge is 2.19. The quantitative estimate of drug-likeness (QED) is 0.914. The first-order chi connectivity index (χ1) is 9.74. The summed E-state index contributed by atoms with van der Waals surface area (Å²) in [5, 5.41) is 4.84. The number of rotatable bonds is 5. The van der Waals surface area contributed by atoms with Gasteiger partial charge in [-0.15, -0.1) is 11.3 Å². The van der Waals surface area contributed by atoms with E-state index in [0.717, 1.165) is 12.1 Å². The highest BCUT2D eigenvalue weighted by Crippen LogP contribution is 2.26. The molecule has 2 heterocycles. The highest BCUT2D eigenvalue weighted by molar-refractivity contribution is 7.18. The van der Waals surface area contributed by atoms with E-state index in [-0.39, 0.29) is 0 Å². The van der Waals surface area contributed by atoms with Gasteiger partial charge in [-0.2, -0.15) is 0 Å². The molecule has 2 unspecified atom stereocenters. The van der Waals surface area contributed by atoms with Crippen LogP contribution >= 0.6 is 11.3 Å². The molecule has 0 spiro atoms. The van der Waals surface area contributed by atoms with Crippen LogP contribution in [-0.4, -0.2) is 35.6 Å². The zero-order chi connectivity index (χ0) is 13.9. The zero-order valence-corrected chi connectivity index (χ0v) is 13.1. The lowest BCUT2D eigenvalue weighted by Crippen LogP contribution is -2.39. The second kappa shape index (κ2) is 6.20. The van der Waals surface area contributed by atoms with Gasteiger partial charge in [-0.1, -0.05) is 12.1 Å². The number of hydrogen-bond donors (Lipinski definition) is 1. The summed E-state index contributed by atoms with van der Waals surface area (Å²) >= 11 is 1.80. The molecule has 3 rings (SSSR count). The molecule has 2 atom stereocenters. The summed E-state index contributed by atoms with van der Waals surface area (Å²) in [6.07, 6.45) is 2.72. The van der Waals surface area contributed by atoms with Crippen molar-refractivity contribution in [1.29, 1.82) is 0 Å². The molecular weight excluding hydrogens is 266 g/mol. The zero-order valence-electron chi connectivity index (χ0n) is 12.3. The van der Waals surface area contributed by atoms with Crippen LogP contribution in [0, 0.1) is 0 Å². The molecule has 2 aromatic rings. The van der Waals surface area contributed by atoms with Gasteiger partial charge in [-0.3, -0.25) is 4.90 Å². The number of para-hydroxylation sites is 1. The maximum absolute atomic E-state index is 4.73. The molecule has 0 radical (unpaired) electrons. The number of aromatic nitrogens is 1. The third kappa shape index (κ3) is 3.03. The maximum atomic E-state index is 4.73. The van der Waals surface area contributed by atoms with Gasteiger partial charge in [0.25, 0.3) is 0 Å². The smallest absolute Gasteiger partial charge is 0.111 e. The Morgan fingerprint density at radius 1 is 1.25 bits per heavy atom. The van der Waals surface area contributed by atoms with Gasteiger partial charge < -0.3 is 5.32 Å². The second-order valence-electron chi connectivity index (χ2n) is 5.74. The highest BCUT2D eigenvalue weighted by atomic mass is 32.1. The summed E-state index contributed by atoms with van der Waals surface area (Å²) in [6, 6.07) is 9.33. The number of thiazole rings is 1. The van der Waals surface area contributed by atoms with Crippen molar-refractivity contribution in [1.82, 2.24) is 15.2 Å². The molecule has 1 aromatic carbocycles. The van der Waals surface area contributed by atoms with Crippen molar-refractivity contribution in [3.63, 3.8) is 0 Å². The van der Waals surface area contributed by atoms with Crippen molar-refractivity contribution in [2.24, 2.45) is 0 Å². The van der Waals surface area contributed by atoms with Crippen molar-refractivity contribution >= 4 is 21.6 Å². The van der Waals surface area contributed by atoms with Crippen LogP contribution in [0.5, 0.6) is 0 Å². The van der Waals surface area contributed by atoms with Crippen LogP contribution in [0.2, 0.25) is 0 Å². The molecule has 20 heavy (non-hydrogen) atoms. The summed E-state index contributed by atoms with van der Waals surface area (Å²) in [6.45, 7) is 8.10. The van der Waals surface area contributed by atoms with E-state index in [4.69, 9.17) is 4.98 Å². The van der Waals surface area contributed by atoms with E-state index in [0.29, 0.717) is 12.1 Å². The van der Waals surface area contributed by atoms with Gasteiger partial charge in [0.2, 0.25) is 0 Å². The predicted molar refractivity (Wildman–Crippen MR) is 86.3 cm³/mol. The summed E-state index contributed by atoms with van der Waals surface area (Å²) in [7, 11) is 0. The van der Waals surface area contributed by atoms with Crippen LogP contribution in [0.4, 0.5) is 0 Å². The normalized spacial score (nSPS) is 19.5. The Morgan fingerprint density at radius 3 is 2.75 bits per heavy atom. The molecule has 1 aliphatic rings. The number of fused-ring (bicyclic) bond motifs is 1. The first-order valence-electron chi connectivity index (χ1n) is 7.57. The predicted octanol–water partition coefficient (Wildman–Crippen LogP) is 3.43. The van der Waals surface area contributed by atoms with E-state index in [9.17, 15) is 0 Å². The van der Waals surface area contributed by atoms with Gasteiger partial charge in [0.1, 0.15) is 5.01 Å². The SMILES string of the molecule is CC(NCC(C)N1CCCC1)c1nc2ccccc2s1. The lowest BCUT2D eigenvalue weighted by Gasteiger charge is -2.25. The molecule has 1 N–H and O–H groups in total. The van der Waals surface area contributed by atoms with Gasteiger partial charge >= 0.3 is 0 Å². The minimum absolute atomic E-state index is 0.331. The Morgan fingerprint density at radius 2 is 2.00 bits per heavy atom. The van der Waals surface area contributed by atoms with Crippen LogP contribution < -0.4 is 5.32 Å². The Labute approximate surface area is 125 Å². The third-order valence-electron chi connectivity index (χ3n) is 4.16. The summed E-state index contributed by atoms with van der Waals surface area (Å²) in [4.78, 5) is 7.31. The summed E-state index contributed by atoms with van der Waals surface area (Å²) in [5.41, 5.74) is 1.12. The molecule has 1 aromatic heterocycles. The Bertz CT molecular complexity index is 527. The standard InChI is InChI=1S/C16H23N3S/c1-12(19-9-5-6-10-19)11-17-13(2)16-18-14-7-3-4-8-15(14)20-16/h3-4,7-8,12-13,17H,5-6,9-11H2,1-2H3. The molecular formula is C16H23N3S. The molecule has 4 heteroatoms. The Balaban J connectivity index is 1.59. The number of hydrogen-bond acceptors (Lipinski definition) is 4. The molecule has 3 nitrogen and oxygen atoms in total. The van der Waals surface area contributed by atoms with Crippen LogP contribution in [-0.2, 0) is 0 Å². The van der Waals surface area contributed by atoms with Crippen molar-refractivity contribution in [3.8, 4) is 0 Å². The number of benzene rings is 1. The van der Waals surface area contributed by atoms with E-state index in [1.54, 1.807) is 11.3 Å². The summed E-state index contributed by atoms with van der Waals surface area (Å²) < 4.78 is 1.28. The fraction of sp³-hybridized carbons (Fsp3) is 0.562. The van der Waals surface area contributed by atoms with Crippen LogP contribution in [0.3, 0.4) is 0 Å². The van der Waals surface area contributed by atoms with E-state index >= 15 is 0 Å². The minimum atomic E-state index is 0.331. The van der Waals surface area contributed by atoms with Gasteiger partial charge in [0.15, 0.2) is 0 Å². The number of nitrogens with one attached hydrogen (secondary N) is 1. The Hall–Kier alpha value is -0.970. The van der Waals surface area contributed by atoms with Crippen molar-refractivity contribution < 1.29 is 0 Å². The van der Waals surface area contributed by atoms with E-state index in [2.05, 4.69) is 48.3 Å². The molecule has 0 aliphatic carbocycles. The first-order valence-corrected chi connectivity index (χ1v) is 8.38. The van der Waals surface area contributed by atoms with E-state index in [1.165, 1.54) is 35.6 Å². The maximum Gasteiger partial charge on any atom is 0.111 e. The average Bonchev–Trinajstić information content (AvgIpc) is 3.12. The van der Waals surface area contributed by atoms with E-state index in [1.807, 2.05) is 0 Å². The lowest BCUT2D eigenvalue weighted by atomic mass is 10.2. The fourth-order valence-electron chi connectivity index (χ4n) is 2.82. The molecule has 108 valence electrons. The topological polar surface area (TPSA) is 28.2 Å². The van der Waals surface area contributed by atoms with Gasteiger partial charge in [-0.25, -0.2) is 4.98 Å². The first kappa shape index (κ1) is 14.0. The van der Waals surface area contributed by atoms with Gasteiger partial charge in [-0.05, 0) is 51.9 Å². The van der Waals surface area contributed by atoms with Gasteiger partial charge in [0, 0.05) is 12.6 Å². The van der Waals surface area contributed by atoms with Crippen LogP contribution in [0.1, 0.15) is 37.7 Å². The summed E-state index contributed by atoms with van der Waals surface area (Å²) in [5.74, 6) is 0. The minimum Gasteiger partial charge on any atom is -0.307 e. The molecule has 1 fully saturated rings. The number of nitrogens with zero attached hydrogens (tertiary/aromatic N) is 2. The Kier molecular flexibility index (Phi) is 4.34. The largest absolute Gasteiger partial charge is 0.307 e. The second-order valence-corrected chi connectivity index (χ2v) is 6.80. The van der Waals surface area contributed by atoms with Crippen molar-refractivity contribution in [2.45, 2.75) is 38.8 Å². The van der Waals surface area contributed by atoms with Crippen molar-refractivity contribution in [3.05, 3.63) is 29.3 Å². The molecule has 1 saturated heterocycles. The third-order valence-corrected chi connectivity index (χ3v) is 5.38. The van der Waals surface area contributed by atoms with Gasteiger partial charge in [0.05, 0.1) is 16.3 Å². The van der Waals surface area contributed by atoms with Crippen molar-refractivity contribution in [2.75, 3.05) is 19.6 Å². The fourth-order valence-corrected chi connectivity index (χ4v) is 3.82. The lowest BCUT2D eigenvalue weighted by molar-refractivity contribution is 0.247. The molecule has 0 bridgehead atoms. The molecule has 0 amide bonds. The van der Waals surface area contributed by atoms with E-state index < -0.39 is 0 Å².